The third kappa shape index (κ3) is 3.57. The Morgan fingerprint density at radius 2 is 1.55 bits per heavy atom. The van der Waals surface area contributed by atoms with Crippen molar-refractivity contribution in [2.24, 2.45) is 0 Å². The zero-order valence-corrected chi connectivity index (χ0v) is 12.7. The molecule has 22 heavy (non-hydrogen) atoms. The highest BCUT2D eigenvalue weighted by Crippen LogP contribution is 2.25. The Labute approximate surface area is 128 Å². The van der Waals surface area contributed by atoms with E-state index in [-0.39, 0.29) is 10.6 Å². The Balaban J connectivity index is 2.48. The fourth-order valence-electron chi connectivity index (χ4n) is 1.96. The summed E-state index contributed by atoms with van der Waals surface area (Å²) in [4.78, 5) is -0.252. The van der Waals surface area contributed by atoms with Crippen molar-refractivity contribution in [3.05, 3.63) is 47.5 Å². The van der Waals surface area contributed by atoms with Gasteiger partial charge in [-0.3, -0.25) is 4.55 Å². The molecule has 6 nitrogen and oxygen atoms in total. The number of ether oxygens (including phenoxy) is 1. The van der Waals surface area contributed by atoms with Gasteiger partial charge >= 0.3 is 0 Å². The molecule has 0 fully saturated rings. The van der Waals surface area contributed by atoms with Gasteiger partial charge in [-0.05, 0) is 29.8 Å². The lowest BCUT2D eigenvalue weighted by molar-refractivity contribution is 0.414. The van der Waals surface area contributed by atoms with Crippen LogP contribution in [-0.4, -0.2) is 20.1 Å². The lowest BCUT2D eigenvalue weighted by Gasteiger charge is -2.07. The number of nitrogen functional groups attached to an aromatic ring is 2. The lowest BCUT2D eigenvalue weighted by atomic mass is 10.1. The summed E-state index contributed by atoms with van der Waals surface area (Å²) in [6.07, 6.45) is 3.22. The SMILES string of the molecule is COc1cc(N)ccc1/C=C/c1ccc(N)cc1S(=O)(=O)O. The standard InChI is InChI=1S/C15H16N2O4S/c1-21-14-8-12(16)6-4-10(14)2-3-11-5-7-13(17)9-15(11)22(18,19)20/h2-9H,16-17H2,1H3,(H,18,19,20)/b3-2+. The van der Waals surface area contributed by atoms with E-state index in [2.05, 4.69) is 0 Å². The summed E-state index contributed by atoms with van der Waals surface area (Å²) in [6.45, 7) is 0. The Kier molecular flexibility index (Phi) is 4.39. The fraction of sp³-hybridized carbons (Fsp3) is 0.0667. The first-order valence-corrected chi connectivity index (χ1v) is 7.74. The Hall–Kier alpha value is -2.51. The average molecular weight is 320 g/mol. The maximum absolute atomic E-state index is 11.4. The number of hydrogen-bond acceptors (Lipinski definition) is 5. The van der Waals surface area contributed by atoms with E-state index in [1.807, 2.05) is 0 Å². The Bertz CT molecular complexity index is 829. The van der Waals surface area contributed by atoms with E-state index < -0.39 is 10.1 Å². The van der Waals surface area contributed by atoms with Crippen molar-refractivity contribution in [1.29, 1.82) is 0 Å². The van der Waals surface area contributed by atoms with Crippen LogP contribution in [0.3, 0.4) is 0 Å². The number of benzene rings is 2. The average Bonchev–Trinajstić information content (AvgIpc) is 2.45. The van der Waals surface area contributed by atoms with E-state index in [4.69, 9.17) is 16.2 Å². The van der Waals surface area contributed by atoms with E-state index in [1.165, 1.54) is 19.2 Å². The van der Waals surface area contributed by atoms with Gasteiger partial charge in [0.1, 0.15) is 10.6 Å². The molecule has 0 heterocycles. The van der Waals surface area contributed by atoms with Gasteiger partial charge in [0.15, 0.2) is 0 Å². The summed E-state index contributed by atoms with van der Waals surface area (Å²) in [5.74, 6) is 0.556. The summed E-state index contributed by atoms with van der Waals surface area (Å²) in [5.41, 5.74) is 13.1. The maximum atomic E-state index is 11.4. The van der Waals surface area contributed by atoms with Crippen LogP contribution in [0.1, 0.15) is 11.1 Å². The molecule has 0 saturated heterocycles. The molecule has 0 radical (unpaired) electrons. The van der Waals surface area contributed by atoms with Gasteiger partial charge in [0.25, 0.3) is 10.1 Å². The van der Waals surface area contributed by atoms with Crippen LogP contribution in [0, 0.1) is 0 Å². The van der Waals surface area contributed by atoms with Gasteiger partial charge in [-0.25, -0.2) is 0 Å². The van der Waals surface area contributed by atoms with Crippen LogP contribution in [0.2, 0.25) is 0 Å². The van der Waals surface area contributed by atoms with Crippen LogP contribution in [0.4, 0.5) is 11.4 Å². The molecular formula is C15H16N2O4S. The number of methoxy groups -OCH3 is 1. The zero-order valence-electron chi connectivity index (χ0n) is 11.9. The summed E-state index contributed by atoms with van der Waals surface area (Å²) in [5, 5.41) is 0. The first kappa shape index (κ1) is 15.9. The van der Waals surface area contributed by atoms with Gasteiger partial charge in [-0.1, -0.05) is 18.2 Å². The number of nitrogens with two attached hydrogens (primary N) is 2. The molecule has 2 aromatic carbocycles. The molecule has 0 aromatic heterocycles. The molecule has 0 bridgehead atoms. The molecule has 116 valence electrons. The normalized spacial score (nSPS) is 11.7. The molecule has 0 aliphatic heterocycles. The molecule has 2 rings (SSSR count). The van der Waals surface area contributed by atoms with Crippen molar-refractivity contribution < 1.29 is 17.7 Å². The maximum Gasteiger partial charge on any atom is 0.295 e. The van der Waals surface area contributed by atoms with Crippen LogP contribution in [0.15, 0.2) is 41.3 Å². The quantitative estimate of drug-likeness (QED) is 0.452. The first-order valence-electron chi connectivity index (χ1n) is 6.30. The molecule has 0 atom stereocenters. The van der Waals surface area contributed by atoms with Gasteiger partial charge in [0.2, 0.25) is 0 Å². The minimum atomic E-state index is -4.37. The number of rotatable bonds is 4. The highest BCUT2D eigenvalue weighted by atomic mass is 32.2. The lowest BCUT2D eigenvalue weighted by Crippen LogP contribution is -2.02. The number of hydrogen-bond donors (Lipinski definition) is 3. The second-order valence-electron chi connectivity index (χ2n) is 4.61. The summed E-state index contributed by atoms with van der Waals surface area (Å²) in [7, 11) is -2.85. The largest absolute Gasteiger partial charge is 0.496 e. The van der Waals surface area contributed by atoms with Crippen LogP contribution < -0.4 is 16.2 Å². The molecule has 0 aliphatic carbocycles. The van der Waals surface area contributed by atoms with E-state index in [1.54, 1.807) is 36.4 Å². The summed E-state index contributed by atoms with van der Waals surface area (Å²) < 4.78 is 37.3. The van der Waals surface area contributed by atoms with Crippen LogP contribution >= 0.6 is 0 Å². The van der Waals surface area contributed by atoms with Gasteiger partial charge in [0, 0.05) is 23.0 Å². The minimum absolute atomic E-state index is 0.245. The first-order chi connectivity index (χ1) is 10.3. The summed E-state index contributed by atoms with van der Waals surface area (Å²) >= 11 is 0. The molecule has 0 saturated carbocycles. The highest BCUT2D eigenvalue weighted by molar-refractivity contribution is 7.86. The zero-order chi connectivity index (χ0) is 16.3. The van der Waals surface area contributed by atoms with Crippen molar-refractivity contribution in [1.82, 2.24) is 0 Å². The molecule has 0 unspecified atom stereocenters. The van der Waals surface area contributed by atoms with E-state index in [9.17, 15) is 13.0 Å². The van der Waals surface area contributed by atoms with Crippen LogP contribution in [-0.2, 0) is 10.1 Å². The molecule has 7 heteroatoms. The third-order valence-electron chi connectivity index (χ3n) is 3.02. The van der Waals surface area contributed by atoms with E-state index >= 15 is 0 Å². The van der Waals surface area contributed by atoms with Gasteiger partial charge in [0.05, 0.1) is 7.11 Å². The Morgan fingerprint density at radius 1 is 1.00 bits per heavy atom. The van der Waals surface area contributed by atoms with Crippen molar-refractivity contribution in [3.8, 4) is 5.75 Å². The van der Waals surface area contributed by atoms with Crippen LogP contribution in [0.5, 0.6) is 5.75 Å². The fourth-order valence-corrected chi connectivity index (χ4v) is 2.68. The molecule has 5 N–H and O–H groups in total. The van der Waals surface area contributed by atoms with Gasteiger partial charge < -0.3 is 16.2 Å². The third-order valence-corrected chi connectivity index (χ3v) is 3.92. The molecule has 2 aromatic rings. The van der Waals surface area contributed by atoms with Gasteiger partial charge in [-0.15, -0.1) is 0 Å². The topological polar surface area (TPSA) is 116 Å². The van der Waals surface area contributed by atoms with Crippen LogP contribution in [0.25, 0.3) is 12.2 Å². The van der Waals surface area contributed by atoms with Crippen molar-refractivity contribution in [2.75, 3.05) is 18.6 Å². The molecule has 0 spiro atoms. The second-order valence-corrected chi connectivity index (χ2v) is 6.00. The minimum Gasteiger partial charge on any atom is -0.496 e. The number of anilines is 2. The van der Waals surface area contributed by atoms with Crippen molar-refractivity contribution in [2.45, 2.75) is 4.90 Å². The summed E-state index contributed by atoms with van der Waals surface area (Å²) in [6, 6.07) is 9.37. The molecule has 0 amide bonds. The molecular weight excluding hydrogens is 304 g/mol. The molecule has 0 aliphatic rings. The predicted octanol–water partition coefficient (Wildman–Crippen LogP) is 2.28. The monoisotopic (exact) mass is 320 g/mol. The Morgan fingerprint density at radius 3 is 2.14 bits per heavy atom. The van der Waals surface area contributed by atoms with Crippen molar-refractivity contribution >= 4 is 33.6 Å². The van der Waals surface area contributed by atoms with E-state index in [0.717, 1.165) is 5.56 Å². The van der Waals surface area contributed by atoms with E-state index in [0.29, 0.717) is 17.0 Å². The predicted molar refractivity (Wildman–Crippen MR) is 87.0 cm³/mol. The highest BCUT2D eigenvalue weighted by Gasteiger charge is 2.14. The van der Waals surface area contributed by atoms with Crippen molar-refractivity contribution in [3.63, 3.8) is 0 Å². The van der Waals surface area contributed by atoms with Gasteiger partial charge in [-0.2, -0.15) is 8.42 Å². The second kappa shape index (κ2) is 6.08. The smallest absolute Gasteiger partial charge is 0.295 e.